The summed E-state index contributed by atoms with van der Waals surface area (Å²) in [6, 6.07) is 9.73. The van der Waals surface area contributed by atoms with Gasteiger partial charge in [0.25, 0.3) is 7.52 Å². The summed E-state index contributed by atoms with van der Waals surface area (Å²) in [7, 11) is -2.99. The number of rotatable bonds is 5. The molecule has 1 heterocycles. The van der Waals surface area contributed by atoms with Gasteiger partial charge in [0.05, 0.1) is 6.61 Å². The molecular formula is C13H18NO4P. The van der Waals surface area contributed by atoms with Crippen LogP contribution in [0.15, 0.2) is 30.3 Å². The van der Waals surface area contributed by atoms with Crippen LogP contribution in [0.3, 0.4) is 0 Å². The number of hydrogen-bond acceptors (Lipinski definition) is 3. The van der Waals surface area contributed by atoms with Crippen LogP contribution in [0.1, 0.15) is 12.0 Å². The summed E-state index contributed by atoms with van der Waals surface area (Å²) in [4.78, 5) is 10.8. The third kappa shape index (κ3) is 3.90. The van der Waals surface area contributed by atoms with Crippen molar-refractivity contribution in [2.75, 3.05) is 25.9 Å². The Hall–Kier alpha value is -1.16. The number of nitrogens with zero attached hydrogens (tertiary/aromatic N) is 1. The SMILES string of the molecule is O=C(O)CN1CCCOP1(=O)CCc1ccccc1. The summed E-state index contributed by atoms with van der Waals surface area (Å²) in [6.45, 7) is 0.757. The number of benzene rings is 1. The van der Waals surface area contributed by atoms with Crippen LogP contribution in [-0.2, 0) is 20.3 Å². The molecule has 0 spiro atoms. The predicted molar refractivity (Wildman–Crippen MR) is 72.4 cm³/mol. The van der Waals surface area contributed by atoms with Crippen LogP contribution in [0.25, 0.3) is 0 Å². The highest BCUT2D eigenvalue weighted by Crippen LogP contribution is 2.53. The van der Waals surface area contributed by atoms with Crippen molar-refractivity contribution in [1.82, 2.24) is 4.67 Å². The Morgan fingerprint density at radius 2 is 2.11 bits per heavy atom. The van der Waals surface area contributed by atoms with Gasteiger partial charge in [-0.15, -0.1) is 0 Å². The van der Waals surface area contributed by atoms with E-state index in [0.29, 0.717) is 25.7 Å². The fourth-order valence-electron chi connectivity index (χ4n) is 2.15. The van der Waals surface area contributed by atoms with Gasteiger partial charge in [0.1, 0.15) is 6.54 Å². The fourth-order valence-corrected chi connectivity index (χ4v) is 4.47. The third-order valence-corrected chi connectivity index (χ3v) is 5.71. The smallest absolute Gasteiger partial charge is 0.318 e. The number of aryl methyl sites for hydroxylation is 1. The molecule has 0 amide bonds. The standard InChI is InChI=1S/C13H18NO4P/c15-13(16)11-14-8-4-9-18-19(14,17)10-7-12-5-2-1-3-6-12/h1-3,5-6H,4,7-11H2,(H,15,16). The molecule has 5 nitrogen and oxygen atoms in total. The van der Waals surface area contributed by atoms with E-state index in [-0.39, 0.29) is 6.54 Å². The van der Waals surface area contributed by atoms with E-state index in [9.17, 15) is 9.36 Å². The highest BCUT2D eigenvalue weighted by molar-refractivity contribution is 7.56. The first-order valence-corrected chi connectivity index (χ1v) is 8.11. The van der Waals surface area contributed by atoms with E-state index in [2.05, 4.69) is 0 Å². The van der Waals surface area contributed by atoms with E-state index < -0.39 is 13.5 Å². The molecule has 0 aliphatic carbocycles. The number of carbonyl (C=O) groups is 1. The minimum atomic E-state index is -2.99. The number of carboxylic acid groups (broad SMARTS) is 1. The second kappa shape index (κ2) is 6.33. The molecule has 1 aromatic rings. The number of aliphatic carboxylic acids is 1. The summed E-state index contributed by atoms with van der Waals surface area (Å²) >= 11 is 0. The quantitative estimate of drug-likeness (QED) is 0.839. The van der Waals surface area contributed by atoms with Crippen LogP contribution in [0, 0.1) is 0 Å². The lowest BCUT2D eigenvalue weighted by atomic mass is 10.2. The first kappa shape index (κ1) is 14.3. The van der Waals surface area contributed by atoms with Crippen molar-refractivity contribution in [3.63, 3.8) is 0 Å². The van der Waals surface area contributed by atoms with Gasteiger partial charge in [-0.3, -0.25) is 9.36 Å². The topological polar surface area (TPSA) is 66.8 Å². The van der Waals surface area contributed by atoms with Gasteiger partial charge in [-0.1, -0.05) is 30.3 Å². The number of hydrogen-bond donors (Lipinski definition) is 1. The van der Waals surface area contributed by atoms with E-state index >= 15 is 0 Å². The van der Waals surface area contributed by atoms with E-state index in [1.54, 1.807) is 0 Å². The Morgan fingerprint density at radius 1 is 1.37 bits per heavy atom. The van der Waals surface area contributed by atoms with Crippen molar-refractivity contribution in [1.29, 1.82) is 0 Å². The monoisotopic (exact) mass is 283 g/mol. The molecule has 1 aliphatic heterocycles. The molecule has 0 aromatic heterocycles. The van der Waals surface area contributed by atoms with Crippen molar-refractivity contribution in [2.45, 2.75) is 12.8 Å². The van der Waals surface area contributed by atoms with Crippen molar-refractivity contribution in [3.8, 4) is 0 Å². The Labute approximate surface area is 112 Å². The van der Waals surface area contributed by atoms with E-state index in [0.717, 1.165) is 12.0 Å². The maximum atomic E-state index is 12.7. The summed E-state index contributed by atoms with van der Waals surface area (Å²) < 4.78 is 19.6. The first-order chi connectivity index (χ1) is 9.10. The molecular weight excluding hydrogens is 265 g/mol. The van der Waals surface area contributed by atoms with Crippen molar-refractivity contribution in [3.05, 3.63) is 35.9 Å². The molecule has 19 heavy (non-hydrogen) atoms. The number of carboxylic acids is 1. The lowest BCUT2D eigenvalue weighted by Crippen LogP contribution is -2.34. The Morgan fingerprint density at radius 3 is 2.79 bits per heavy atom. The molecule has 0 radical (unpaired) electrons. The van der Waals surface area contributed by atoms with Crippen LogP contribution < -0.4 is 0 Å². The largest absolute Gasteiger partial charge is 0.480 e. The zero-order valence-electron chi connectivity index (χ0n) is 10.7. The lowest BCUT2D eigenvalue weighted by molar-refractivity contribution is -0.137. The maximum Gasteiger partial charge on any atom is 0.318 e. The van der Waals surface area contributed by atoms with Gasteiger partial charge in [-0.2, -0.15) is 0 Å². The highest BCUT2D eigenvalue weighted by atomic mass is 31.2. The fraction of sp³-hybridized carbons (Fsp3) is 0.462. The average molecular weight is 283 g/mol. The van der Waals surface area contributed by atoms with Gasteiger partial charge in [0.2, 0.25) is 0 Å². The molecule has 1 aliphatic rings. The van der Waals surface area contributed by atoms with Gasteiger partial charge in [-0.25, -0.2) is 4.67 Å². The molecule has 1 saturated heterocycles. The van der Waals surface area contributed by atoms with E-state index in [1.165, 1.54) is 4.67 Å². The summed E-state index contributed by atoms with van der Waals surface area (Å²) in [5.41, 5.74) is 1.09. The summed E-state index contributed by atoms with van der Waals surface area (Å²) in [6.07, 6.45) is 1.72. The minimum absolute atomic E-state index is 0.216. The molecule has 0 bridgehead atoms. The molecule has 1 unspecified atom stereocenters. The van der Waals surface area contributed by atoms with E-state index in [4.69, 9.17) is 9.63 Å². The van der Waals surface area contributed by atoms with Crippen LogP contribution in [-0.4, -0.2) is 41.6 Å². The molecule has 1 aromatic carbocycles. The second-order valence-corrected chi connectivity index (χ2v) is 7.11. The maximum absolute atomic E-state index is 12.7. The Kier molecular flexibility index (Phi) is 4.75. The molecule has 1 N–H and O–H groups in total. The summed E-state index contributed by atoms with van der Waals surface area (Å²) in [5, 5.41) is 8.86. The van der Waals surface area contributed by atoms with Crippen LogP contribution in [0.2, 0.25) is 0 Å². The van der Waals surface area contributed by atoms with Gasteiger partial charge < -0.3 is 9.63 Å². The lowest BCUT2D eigenvalue weighted by Gasteiger charge is -2.33. The van der Waals surface area contributed by atoms with Gasteiger partial charge >= 0.3 is 5.97 Å². The van der Waals surface area contributed by atoms with Crippen molar-refractivity contribution >= 4 is 13.5 Å². The highest BCUT2D eigenvalue weighted by Gasteiger charge is 2.35. The minimum Gasteiger partial charge on any atom is -0.480 e. The molecule has 1 fully saturated rings. The van der Waals surface area contributed by atoms with Gasteiger partial charge in [-0.05, 0) is 18.4 Å². The first-order valence-electron chi connectivity index (χ1n) is 6.35. The third-order valence-electron chi connectivity index (χ3n) is 3.13. The van der Waals surface area contributed by atoms with E-state index in [1.807, 2.05) is 30.3 Å². The van der Waals surface area contributed by atoms with Crippen LogP contribution in [0.5, 0.6) is 0 Å². The zero-order chi connectivity index (χ0) is 13.7. The van der Waals surface area contributed by atoms with Crippen LogP contribution >= 0.6 is 7.52 Å². The molecule has 104 valence electrons. The van der Waals surface area contributed by atoms with Crippen LogP contribution in [0.4, 0.5) is 0 Å². The Balaban J connectivity index is 2.02. The summed E-state index contributed by atoms with van der Waals surface area (Å²) in [5.74, 6) is -0.967. The molecule has 0 saturated carbocycles. The Bertz CT molecular complexity index is 477. The molecule has 2 rings (SSSR count). The molecule has 1 atom stereocenters. The molecule has 6 heteroatoms. The zero-order valence-corrected chi connectivity index (χ0v) is 11.6. The van der Waals surface area contributed by atoms with Crippen molar-refractivity contribution in [2.24, 2.45) is 0 Å². The predicted octanol–water partition coefficient (Wildman–Crippen LogP) is 2.23. The van der Waals surface area contributed by atoms with Crippen molar-refractivity contribution < 1.29 is 19.0 Å². The second-order valence-electron chi connectivity index (χ2n) is 4.57. The normalized spacial score (nSPS) is 24.2. The van der Waals surface area contributed by atoms with Gasteiger partial charge in [0, 0.05) is 12.7 Å². The van der Waals surface area contributed by atoms with Gasteiger partial charge in [0.15, 0.2) is 0 Å². The average Bonchev–Trinajstić information content (AvgIpc) is 2.40.